The van der Waals surface area contributed by atoms with Crippen LogP contribution in [0.4, 0.5) is 0 Å². The Labute approximate surface area is 109 Å². The summed E-state index contributed by atoms with van der Waals surface area (Å²) in [6.45, 7) is 4.22. The molecule has 1 N–H and O–H groups in total. The monoisotopic (exact) mass is 255 g/mol. The van der Waals surface area contributed by atoms with Gasteiger partial charge in [-0.2, -0.15) is 0 Å². The van der Waals surface area contributed by atoms with Crippen LogP contribution in [0.5, 0.6) is 0 Å². The lowest BCUT2D eigenvalue weighted by Gasteiger charge is -2.35. The smallest absolute Gasteiger partial charge is 0.317 e. The van der Waals surface area contributed by atoms with Gasteiger partial charge in [-0.05, 0) is 44.4 Å². The Morgan fingerprint density at radius 1 is 1.11 bits per heavy atom. The van der Waals surface area contributed by atoms with E-state index in [9.17, 15) is 4.79 Å². The first kappa shape index (κ1) is 13.8. The van der Waals surface area contributed by atoms with Gasteiger partial charge >= 0.3 is 5.97 Å². The number of hydrogen-bond donors (Lipinski definition) is 1. The first-order valence-electron chi connectivity index (χ1n) is 7.23. The van der Waals surface area contributed by atoms with Crippen molar-refractivity contribution >= 4 is 5.97 Å². The zero-order valence-corrected chi connectivity index (χ0v) is 11.3. The molecule has 4 heteroatoms. The fourth-order valence-corrected chi connectivity index (χ4v) is 3.03. The molecule has 1 heterocycles. The summed E-state index contributed by atoms with van der Waals surface area (Å²) in [4.78, 5) is 12.6. The van der Waals surface area contributed by atoms with Crippen LogP contribution in [0.2, 0.25) is 0 Å². The van der Waals surface area contributed by atoms with Crippen molar-refractivity contribution in [1.29, 1.82) is 0 Å². The molecule has 0 radical (unpaired) electrons. The molecule has 104 valence electrons. The van der Waals surface area contributed by atoms with E-state index in [4.69, 9.17) is 9.84 Å². The van der Waals surface area contributed by atoms with Gasteiger partial charge < -0.3 is 9.84 Å². The van der Waals surface area contributed by atoms with E-state index in [1.165, 1.54) is 25.7 Å². The summed E-state index contributed by atoms with van der Waals surface area (Å²) in [5.41, 5.74) is 0. The molecular weight excluding hydrogens is 230 g/mol. The molecule has 0 atom stereocenters. The second-order valence-corrected chi connectivity index (χ2v) is 5.89. The predicted octanol–water partition coefficient (Wildman–Crippen LogP) is 2.13. The number of piperidine rings is 1. The standard InChI is InChI=1S/C14H25NO3/c1-11-2-4-12(5-3-11)18-13-6-8-15(9-7-13)10-14(16)17/h11-13H,2-10H2,1H3,(H,16,17). The van der Waals surface area contributed by atoms with Crippen LogP contribution < -0.4 is 0 Å². The quantitative estimate of drug-likeness (QED) is 0.836. The number of rotatable bonds is 4. The molecule has 0 spiro atoms. The van der Waals surface area contributed by atoms with Crippen LogP contribution >= 0.6 is 0 Å². The molecule has 0 aromatic heterocycles. The molecule has 18 heavy (non-hydrogen) atoms. The van der Waals surface area contributed by atoms with Gasteiger partial charge in [-0.25, -0.2) is 0 Å². The minimum absolute atomic E-state index is 0.174. The van der Waals surface area contributed by atoms with Crippen molar-refractivity contribution in [2.75, 3.05) is 19.6 Å². The molecule has 1 aliphatic carbocycles. The van der Waals surface area contributed by atoms with Gasteiger partial charge in [-0.1, -0.05) is 6.92 Å². The van der Waals surface area contributed by atoms with Crippen LogP contribution in [0.3, 0.4) is 0 Å². The van der Waals surface area contributed by atoms with Crippen molar-refractivity contribution in [3.8, 4) is 0 Å². The molecule has 1 saturated carbocycles. The van der Waals surface area contributed by atoms with E-state index < -0.39 is 5.97 Å². The van der Waals surface area contributed by atoms with Gasteiger partial charge in [0.25, 0.3) is 0 Å². The van der Waals surface area contributed by atoms with Crippen LogP contribution in [-0.4, -0.2) is 47.8 Å². The summed E-state index contributed by atoms with van der Waals surface area (Å²) >= 11 is 0. The number of likely N-dealkylation sites (tertiary alicyclic amines) is 1. The van der Waals surface area contributed by atoms with Crippen molar-refractivity contribution < 1.29 is 14.6 Å². The molecule has 0 unspecified atom stereocenters. The first-order valence-corrected chi connectivity index (χ1v) is 7.23. The average molecular weight is 255 g/mol. The Morgan fingerprint density at radius 2 is 1.67 bits per heavy atom. The molecule has 2 fully saturated rings. The Kier molecular flexibility index (Phi) is 5.01. The van der Waals surface area contributed by atoms with E-state index in [-0.39, 0.29) is 6.54 Å². The number of carbonyl (C=O) groups is 1. The molecule has 0 bridgehead atoms. The molecular formula is C14H25NO3. The number of aliphatic carboxylic acids is 1. The predicted molar refractivity (Wildman–Crippen MR) is 69.6 cm³/mol. The van der Waals surface area contributed by atoms with Gasteiger partial charge in [-0.15, -0.1) is 0 Å². The largest absolute Gasteiger partial charge is 0.480 e. The molecule has 4 nitrogen and oxygen atoms in total. The van der Waals surface area contributed by atoms with Gasteiger partial charge in [0.2, 0.25) is 0 Å². The fraction of sp³-hybridized carbons (Fsp3) is 0.929. The fourth-order valence-electron chi connectivity index (χ4n) is 3.03. The summed E-state index contributed by atoms with van der Waals surface area (Å²) in [6.07, 6.45) is 7.78. The number of ether oxygens (including phenoxy) is 1. The topological polar surface area (TPSA) is 49.8 Å². The Morgan fingerprint density at radius 3 is 2.22 bits per heavy atom. The van der Waals surface area contributed by atoms with E-state index >= 15 is 0 Å². The van der Waals surface area contributed by atoms with E-state index in [0.29, 0.717) is 12.2 Å². The van der Waals surface area contributed by atoms with Crippen molar-refractivity contribution in [3.05, 3.63) is 0 Å². The van der Waals surface area contributed by atoms with Crippen molar-refractivity contribution in [1.82, 2.24) is 4.90 Å². The Hall–Kier alpha value is -0.610. The highest BCUT2D eigenvalue weighted by molar-refractivity contribution is 5.69. The van der Waals surface area contributed by atoms with Crippen molar-refractivity contribution in [3.63, 3.8) is 0 Å². The highest BCUT2D eigenvalue weighted by Crippen LogP contribution is 2.28. The molecule has 0 amide bonds. The lowest BCUT2D eigenvalue weighted by molar-refractivity contribution is -0.139. The normalized spacial score (nSPS) is 31.4. The van der Waals surface area contributed by atoms with Gasteiger partial charge in [0.15, 0.2) is 0 Å². The van der Waals surface area contributed by atoms with Gasteiger partial charge in [-0.3, -0.25) is 9.69 Å². The molecule has 1 saturated heterocycles. The summed E-state index contributed by atoms with van der Waals surface area (Å²) in [5.74, 6) is 0.137. The van der Waals surface area contributed by atoms with Gasteiger partial charge in [0.05, 0.1) is 18.8 Å². The van der Waals surface area contributed by atoms with E-state index in [1.54, 1.807) is 0 Å². The summed E-state index contributed by atoms with van der Waals surface area (Å²) in [5, 5.41) is 8.74. The maximum Gasteiger partial charge on any atom is 0.317 e. The molecule has 1 aliphatic heterocycles. The van der Waals surface area contributed by atoms with Gasteiger partial charge in [0.1, 0.15) is 0 Å². The van der Waals surface area contributed by atoms with Crippen molar-refractivity contribution in [2.24, 2.45) is 5.92 Å². The second-order valence-electron chi connectivity index (χ2n) is 5.89. The first-order chi connectivity index (χ1) is 8.63. The van der Waals surface area contributed by atoms with Crippen LogP contribution in [0.1, 0.15) is 45.4 Å². The minimum Gasteiger partial charge on any atom is -0.480 e. The van der Waals surface area contributed by atoms with Crippen molar-refractivity contribution in [2.45, 2.75) is 57.7 Å². The highest BCUT2D eigenvalue weighted by Gasteiger charge is 2.25. The number of carboxylic acid groups (broad SMARTS) is 1. The summed E-state index contributed by atoms with van der Waals surface area (Å²) in [6, 6.07) is 0. The second kappa shape index (κ2) is 6.53. The lowest BCUT2D eigenvalue weighted by Crippen LogP contribution is -2.41. The third-order valence-electron chi connectivity index (χ3n) is 4.24. The maximum atomic E-state index is 10.6. The van der Waals surface area contributed by atoms with E-state index in [2.05, 4.69) is 6.92 Å². The van der Waals surface area contributed by atoms with Gasteiger partial charge in [0, 0.05) is 13.1 Å². The number of hydrogen-bond acceptors (Lipinski definition) is 3. The van der Waals surface area contributed by atoms with Crippen LogP contribution in [0, 0.1) is 5.92 Å². The van der Waals surface area contributed by atoms with Crippen LogP contribution in [-0.2, 0) is 9.53 Å². The molecule has 0 aromatic rings. The Bertz CT molecular complexity index is 266. The lowest BCUT2D eigenvalue weighted by atomic mass is 9.88. The summed E-state index contributed by atoms with van der Waals surface area (Å²) < 4.78 is 6.16. The van der Waals surface area contributed by atoms with E-state index in [0.717, 1.165) is 31.8 Å². The minimum atomic E-state index is -0.726. The molecule has 0 aromatic carbocycles. The summed E-state index contributed by atoms with van der Waals surface area (Å²) in [7, 11) is 0. The van der Waals surface area contributed by atoms with E-state index in [1.807, 2.05) is 4.90 Å². The third-order valence-corrected chi connectivity index (χ3v) is 4.24. The SMILES string of the molecule is CC1CCC(OC2CCN(CC(=O)O)CC2)CC1. The highest BCUT2D eigenvalue weighted by atomic mass is 16.5. The third kappa shape index (κ3) is 4.25. The van der Waals surface area contributed by atoms with Crippen LogP contribution in [0.15, 0.2) is 0 Å². The molecule has 2 rings (SSSR count). The molecule has 2 aliphatic rings. The average Bonchev–Trinajstić information content (AvgIpc) is 2.34. The maximum absolute atomic E-state index is 10.6. The number of nitrogens with zero attached hydrogens (tertiary/aromatic N) is 1. The zero-order chi connectivity index (χ0) is 13.0. The Balaban J connectivity index is 1.65. The van der Waals surface area contributed by atoms with Crippen LogP contribution in [0.25, 0.3) is 0 Å². The number of carboxylic acids is 1. The zero-order valence-electron chi connectivity index (χ0n) is 11.3.